The van der Waals surface area contributed by atoms with E-state index >= 15 is 0 Å². The normalized spacial score (nSPS) is 10.9. The first-order valence-corrected chi connectivity index (χ1v) is 8.08. The van der Waals surface area contributed by atoms with E-state index in [1.165, 1.54) is 5.56 Å². The molecule has 0 fully saturated rings. The minimum absolute atomic E-state index is 0.688. The molecular formula is C16H21BrN4. The highest BCUT2D eigenvalue weighted by molar-refractivity contribution is 9.10. The highest BCUT2D eigenvalue weighted by atomic mass is 79.9. The molecule has 0 atom stereocenters. The van der Waals surface area contributed by atoms with Gasteiger partial charge in [-0.3, -0.25) is 4.98 Å². The van der Waals surface area contributed by atoms with Crippen LogP contribution in [0.5, 0.6) is 0 Å². The van der Waals surface area contributed by atoms with Crippen LogP contribution in [-0.4, -0.2) is 28.0 Å². The fraction of sp³-hybridized carbons (Fsp3) is 0.438. The van der Waals surface area contributed by atoms with Crippen LogP contribution in [0.15, 0.2) is 22.8 Å². The summed E-state index contributed by atoms with van der Waals surface area (Å²) in [6.45, 7) is 8.28. The third-order valence-electron chi connectivity index (χ3n) is 3.42. The molecule has 0 saturated heterocycles. The molecule has 0 aliphatic rings. The topological polar surface area (TPSA) is 50.7 Å². The lowest BCUT2D eigenvalue weighted by Crippen LogP contribution is -2.15. The van der Waals surface area contributed by atoms with Crippen LogP contribution in [0, 0.1) is 13.8 Å². The zero-order valence-electron chi connectivity index (χ0n) is 12.8. The van der Waals surface area contributed by atoms with Crippen LogP contribution in [0.1, 0.15) is 30.3 Å². The maximum Gasteiger partial charge on any atom is 0.179 e. The Hall–Kier alpha value is -1.33. The quantitative estimate of drug-likeness (QED) is 0.812. The maximum absolute atomic E-state index is 4.64. The number of nitrogens with one attached hydrogen (secondary N) is 1. The van der Waals surface area contributed by atoms with Gasteiger partial charge in [0.05, 0.1) is 0 Å². The van der Waals surface area contributed by atoms with Crippen LogP contribution in [-0.2, 0) is 6.42 Å². The van der Waals surface area contributed by atoms with Crippen molar-refractivity contribution < 1.29 is 0 Å². The average Bonchev–Trinajstić information content (AvgIpc) is 2.46. The molecule has 0 aromatic carbocycles. The molecule has 0 unspecified atom stereocenters. The van der Waals surface area contributed by atoms with Crippen molar-refractivity contribution in [3.05, 3.63) is 39.8 Å². The predicted octanol–water partition coefficient (Wildman–Crippen LogP) is 3.46. The van der Waals surface area contributed by atoms with Gasteiger partial charge in [-0.1, -0.05) is 6.92 Å². The van der Waals surface area contributed by atoms with Crippen LogP contribution in [0.25, 0.3) is 11.5 Å². The van der Waals surface area contributed by atoms with Gasteiger partial charge in [0.2, 0.25) is 0 Å². The third kappa shape index (κ3) is 4.08. The van der Waals surface area contributed by atoms with Crippen LogP contribution in [0.2, 0.25) is 0 Å². The SMILES string of the molecule is CCNCCCc1c(C)nc(-c2ncccc2Br)nc1C. The Kier molecular flexibility index (Phi) is 5.82. The average molecular weight is 349 g/mol. The molecule has 2 aromatic heterocycles. The summed E-state index contributed by atoms with van der Waals surface area (Å²) in [7, 11) is 0. The minimum atomic E-state index is 0.688. The molecule has 0 amide bonds. The van der Waals surface area contributed by atoms with Crippen molar-refractivity contribution in [1.29, 1.82) is 0 Å². The van der Waals surface area contributed by atoms with Crippen molar-refractivity contribution in [2.45, 2.75) is 33.6 Å². The van der Waals surface area contributed by atoms with Gasteiger partial charge in [-0.2, -0.15) is 0 Å². The lowest BCUT2D eigenvalue weighted by molar-refractivity contribution is 0.667. The molecule has 2 heterocycles. The zero-order chi connectivity index (χ0) is 15.2. The van der Waals surface area contributed by atoms with E-state index in [1.807, 2.05) is 12.1 Å². The van der Waals surface area contributed by atoms with Crippen molar-refractivity contribution >= 4 is 15.9 Å². The van der Waals surface area contributed by atoms with E-state index in [1.54, 1.807) is 6.20 Å². The third-order valence-corrected chi connectivity index (χ3v) is 4.06. The Morgan fingerprint density at radius 2 is 1.90 bits per heavy atom. The van der Waals surface area contributed by atoms with E-state index in [-0.39, 0.29) is 0 Å². The van der Waals surface area contributed by atoms with Gasteiger partial charge in [-0.25, -0.2) is 9.97 Å². The summed E-state index contributed by atoms with van der Waals surface area (Å²) in [5.41, 5.74) is 4.14. The largest absolute Gasteiger partial charge is 0.317 e. The number of hydrogen-bond acceptors (Lipinski definition) is 4. The first-order chi connectivity index (χ1) is 10.1. The zero-order valence-corrected chi connectivity index (χ0v) is 14.4. The van der Waals surface area contributed by atoms with Gasteiger partial charge in [0.15, 0.2) is 5.82 Å². The fourth-order valence-electron chi connectivity index (χ4n) is 2.32. The van der Waals surface area contributed by atoms with Crippen LogP contribution < -0.4 is 5.32 Å². The predicted molar refractivity (Wildman–Crippen MR) is 89.3 cm³/mol. The fourth-order valence-corrected chi connectivity index (χ4v) is 2.76. The molecule has 5 heteroatoms. The summed E-state index contributed by atoms with van der Waals surface area (Å²) in [5.74, 6) is 0.688. The summed E-state index contributed by atoms with van der Waals surface area (Å²) in [4.78, 5) is 13.6. The van der Waals surface area contributed by atoms with Gasteiger partial charge in [0.25, 0.3) is 0 Å². The Morgan fingerprint density at radius 1 is 1.19 bits per heavy atom. The molecule has 0 aliphatic heterocycles. The number of aromatic nitrogens is 3. The molecule has 0 aliphatic carbocycles. The molecule has 21 heavy (non-hydrogen) atoms. The van der Waals surface area contributed by atoms with E-state index in [9.17, 15) is 0 Å². The highest BCUT2D eigenvalue weighted by Gasteiger charge is 2.12. The standard InChI is InChI=1S/C16H21BrN4/c1-4-18-9-5-7-13-11(2)20-16(21-12(13)3)15-14(17)8-6-10-19-15/h6,8,10,18H,4-5,7,9H2,1-3H3. The van der Waals surface area contributed by atoms with Crippen LogP contribution in [0.3, 0.4) is 0 Å². The second-order valence-electron chi connectivity index (χ2n) is 4.99. The van der Waals surface area contributed by atoms with E-state index in [2.05, 4.69) is 57.0 Å². The summed E-state index contributed by atoms with van der Waals surface area (Å²) < 4.78 is 0.920. The van der Waals surface area contributed by atoms with Gasteiger partial charge < -0.3 is 5.32 Å². The van der Waals surface area contributed by atoms with E-state index < -0.39 is 0 Å². The molecule has 1 N–H and O–H groups in total. The molecule has 0 spiro atoms. The van der Waals surface area contributed by atoms with Crippen LogP contribution >= 0.6 is 15.9 Å². The van der Waals surface area contributed by atoms with E-state index in [0.717, 1.165) is 47.5 Å². The van der Waals surface area contributed by atoms with Crippen molar-refractivity contribution in [3.63, 3.8) is 0 Å². The number of pyridine rings is 1. The first-order valence-electron chi connectivity index (χ1n) is 7.29. The lowest BCUT2D eigenvalue weighted by Gasteiger charge is -2.11. The first kappa shape index (κ1) is 16.0. The van der Waals surface area contributed by atoms with Crippen molar-refractivity contribution in [2.24, 2.45) is 0 Å². The molecule has 4 nitrogen and oxygen atoms in total. The molecule has 0 bridgehead atoms. The number of hydrogen-bond donors (Lipinski definition) is 1. The molecule has 2 aromatic rings. The highest BCUT2D eigenvalue weighted by Crippen LogP contribution is 2.24. The van der Waals surface area contributed by atoms with E-state index in [0.29, 0.717) is 5.82 Å². The monoisotopic (exact) mass is 348 g/mol. The van der Waals surface area contributed by atoms with Gasteiger partial charge in [-0.05, 0) is 73.4 Å². The van der Waals surface area contributed by atoms with Gasteiger partial charge >= 0.3 is 0 Å². The molecule has 2 rings (SSSR count). The van der Waals surface area contributed by atoms with Crippen molar-refractivity contribution in [1.82, 2.24) is 20.3 Å². The molecule has 0 saturated carbocycles. The molecular weight excluding hydrogens is 328 g/mol. The molecule has 112 valence electrons. The summed E-state index contributed by atoms with van der Waals surface area (Å²) in [5, 5.41) is 3.35. The number of aryl methyl sites for hydroxylation is 2. The Morgan fingerprint density at radius 3 is 2.52 bits per heavy atom. The Balaban J connectivity index is 2.23. The summed E-state index contributed by atoms with van der Waals surface area (Å²) in [6, 6.07) is 3.85. The lowest BCUT2D eigenvalue weighted by atomic mass is 10.1. The summed E-state index contributed by atoms with van der Waals surface area (Å²) in [6.07, 6.45) is 3.87. The second kappa shape index (κ2) is 7.61. The number of halogens is 1. The van der Waals surface area contributed by atoms with Crippen molar-refractivity contribution in [3.8, 4) is 11.5 Å². The van der Waals surface area contributed by atoms with Crippen LogP contribution in [0.4, 0.5) is 0 Å². The van der Waals surface area contributed by atoms with Gasteiger partial charge in [0, 0.05) is 22.1 Å². The van der Waals surface area contributed by atoms with Gasteiger partial charge in [-0.15, -0.1) is 0 Å². The minimum Gasteiger partial charge on any atom is -0.317 e. The Labute approximate surface area is 134 Å². The number of rotatable bonds is 6. The smallest absolute Gasteiger partial charge is 0.179 e. The Bertz CT molecular complexity index is 590. The van der Waals surface area contributed by atoms with Crippen molar-refractivity contribution in [2.75, 3.05) is 13.1 Å². The maximum atomic E-state index is 4.64. The molecule has 0 radical (unpaired) electrons. The number of nitrogens with zero attached hydrogens (tertiary/aromatic N) is 3. The van der Waals surface area contributed by atoms with Gasteiger partial charge in [0.1, 0.15) is 5.69 Å². The second-order valence-corrected chi connectivity index (χ2v) is 5.84. The van der Waals surface area contributed by atoms with E-state index in [4.69, 9.17) is 0 Å². The summed E-state index contributed by atoms with van der Waals surface area (Å²) >= 11 is 3.51.